The van der Waals surface area contributed by atoms with Crippen molar-refractivity contribution in [2.24, 2.45) is 5.73 Å². The molecule has 4 N–H and O–H groups in total. The standard InChI is InChI=1S/C17H14N4O4.C2H6/c1-24-16-17(25-2)21-14-9(19-16)6-8(15(18)23)13-11(14)7-4-3-5-10(22)12(7)20-13;1-2/h3-6,19,22H,1-2H3,(H2,18,23);1-2H3. The van der Waals surface area contributed by atoms with Crippen molar-refractivity contribution in [3.63, 3.8) is 0 Å². The van der Waals surface area contributed by atoms with E-state index < -0.39 is 5.91 Å². The molecule has 2 aromatic heterocycles. The number of primary amides is 1. The van der Waals surface area contributed by atoms with Gasteiger partial charge in [0.05, 0.1) is 30.8 Å². The van der Waals surface area contributed by atoms with Crippen LogP contribution in [-0.4, -0.2) is 40.2 Å². The first-order valence-electron chi connectivity index (χ1n) is 8.41. The number of phenolic OH excluding ortho intramolecular Hbond substituents is 1. The molecule has 0 aliphatic heterocycles. The number of carbonyl (C=O) groups is 1. The van der Waals surface area contributed by atoms with E-state index in [0.717, 1.165) is 0 Å². The molecule has 0 spiro atoms. The minimum absolute atomic E-state index is 0.0155. The lowest BCUT2D eigenvalue weighted by atomic mass is 10.1. The van der Waals surface area contributed by atoms with Gasteiger partial charge in [-0.05, 0) is 12.1 Å². The van der Waals surface area contributed by atoms with Gasteiger partial charge in [-0.3, -0.25) is 4.79 Å². The summed E-state index contributed by atoms with van der Waals surface area (Å²) in [6.45, 7) is 4.00. The van der Waals surface area contributed by atoms with Crippen LogP contribution in [0.4, 0.5) is 0 Å². The van der Waals surface area contributed by atoms with E-state index in [1.165, 1.54) is 20.3 Å². The normalized spacial score (nSPS) is 10.7. The van der Waals surface area contributed by atoms with Crippen molar-refractivity contribution in [2.75, 3.05) is 14.2 Å². The maximum Gasteiger partial charge on any atom is 0.276 e. The Morgan fingerprint density at radius 3 is 2.48 bits per heavy atom. The van der Waals surface area contributed by atoms with Gasteiger partial charge in [-0.15, -0.1) is 0 Å². The number of hydrogen-bond donors (Lipinski definition) is 3. The smallest absolute Gasteiger partial charge is 0.276 e. The highest BCUT2D eigenvalue weighted by Crippen LogP contribution is 2.38. The number of aromatic nitrogens is 3. The molecule has 0 fully saturated rings. The molecule has 0 saturated heterocycles. The second-order valence-corrected chi connectivity index (χ2v) is 5.47. The Morgan fingerprint density at radius 1 is 1.11 bits per heavy atom. The molecule has 8 heteroatoms. The SMILES string of the molecule is CC.COc1nc2c(cc(C(N)=O)c3nc4c(O)cccc4c32)[nH]c1OC. The first-order chi connectivity index (χ1) is 13.0. The van der Waals surface area contributed by atoms with Crippen molar-refractivity contribution in [1.82, 2.24) is 15.0 Å². The second-order valence-electron chi connectivity index (χ2n) is 5.47. The first-order valence-corrected chi connectivity index (χ1v) is 8.41. The van der Waals surface area contributed by atoms with Crippen LogP contribution in [0, 0.1) is 0 Å². The van der Waals surface area contributed by atoms with Crippen LogP contribution < -0.4 is 15.2 Å². The molecule has 4 rings (SSSR count). The number of rotatable bonds is 3. The molecule has 0 bridgehead atoms. The van der Waals surface area contributed by atoms with Crippen LogP contribution in [0.3, 0.4) is 0 Å². The summed E-state index contributed by atoms with van der Waals surface area (Å²) in [7, 11) is 2.96. The van der Waals surface area contributed by atoms with Gasteiger partial charge >= 0.3 is 0 Å². The summed E-state index contributed by atoms with van der Waals surface area (Å²) in [6.07, 6.45) is 0. The Morgan fingerprint density at radius 2 is 1.85 bits per heavy atom. The van der Waals surface area contributed by atoms with E-state index in [1.54, 1.807) is 18.2 Å². The predicted octanol–water partition coefficient (Wildman–Crippen LogP) is 3.11. The number of nitrogens with zero attached hydrogens (tertiary/aromatic N) is 2. The first kappa shape index (κ1) is 18.2. The van der Waals surface area contributed by atoms with Gasteiger partial charge < -0.3 is 25.3 Å². The van der Waals surface area contributed by atoms with Gasteiger partial charge in [0.2, 0.25) is 0 Å². The number of nitrogens with two attached hydrogens (primary N) is 1. The third-order valence-electron chi connectivity index (χ3n) is 4.10. The van der Waals surface area contributed by atoms with Crippen LogP contribution in [0.5, 0.6) is 17.5 Å². The molecule has 0 atom stereocenters. The highest BCUT2D eigenvalue weighted by Gasteiger charge is 2.21. The highest BCUT2D eigenvalue weighted by atomic mass is 16.5. The zero-order chi connectivity index (χ0) is 19.7. The Kier molecular flexibility index (Phi) is 4.72. The zero-order valence-corrected chi connectivity index (χ0v) is 15.5. The number of phenols is 1. The second kappa shape index (κ2) is 6.99. The van der Waals surface area contributed by atoms with Gasteiger partial charge in [0.15, 0.2) is 0 Å². The minimum Gasteiger partial charge on any atom is -0.506 e. The lowest BCUT2D eigenvalue weighted by molar-refractivity contribution is 0.100. The maximum atomic E-state index is 11.9. The van der Waals surface area contributed by atoms with Gasteiger partial charge in [-0.2, -0.15) is 0 Å². The van der Waals surface area contributed by atoms with Crippen molar-refractivity contribution < 1.29 is 19.4 Å². The summed E-state index contributed by atoms with van der Waals surface area (Å²) >= 11 is 0. The van der Waals surface area contributed by atoms with Crippen molar-refractivity contribution in [3.05, 3.63) is 29.8 Å². The summed E-state index contributed by atoms with van der Waals surface area (Å²) in [5.74, 6) is -0.0341. The number of carbonyl (C=O) groups excluding carboxylic acids is 1. The highest BCUT2D eigenvalue weighted by molar-refractivity contribution is 6.24. The molecule has 140 valence electrons. The Labute approximate surface area is 154 Å². The van der Waals surface area contributed by atoms with E-state index in [2.05, 4.69) is 15.0 Å². The van der Waals surface area contributed by atoms with Crippen LogP contribution in [0.1, 0.15) is 24.2 Å². The molecule has 0 aliphatic rings. The monoisotopic (exact) mass is 368 g/mol. The summed E-state index contributed by atoms with van der Waals surface area (Å²) < 4.78 is 10.5. The summed E-state index contributed by atoms with van der Waals surface area (Å²) in [5, 5.41) is 11.4. The fourth-order valence-electron chi connectivity index (χ4n) is 3.00. The quantitative estimate of drug-likeness (QED) is 0.510. The fourth-order valence-corrected chi connectivity index (χ4v) is 3.00. The minimum atomic E-state index is -0.627. The molecule has 0 radical (unpaired) electrons. The number of hydrogen-bond acceptors (Lipinski definition) is 6. The average molecular weight is 368 g/mol. The van der Waals surface area contributed by atoms with Crippen LogP contribution in [0.25, 0.3) is 32.8 Å². The molecule has 0 aliphatic carbocycles. The lowest BCUT2D eigenvalue weighted by Crippen LogP contribution is -2.12. The van der Waals surface area contributed by atoms with Crippen LogP contribution in [0.2, 0.25) is 0 Å². The van der Waals surface area contributed by atoms with E-state index in [9.17, 15) is 9.90 Å². The molecular formula is C19H20N4O4. The lowest BCUT2D eigenvalue weighted by Gasteiger charge is -2.10. The number of aromatic amines is 1. The van der Waals surface area contributed by atoms with E-state index >= 15 is 0 Å². The Balaban J connectivity index is 0.00000102. The van der Waals surface area contributed by atoms with E-state index in [4.69, 9.17) is 15.2 Å². The number of H-pyrrole nitrogens is 1. The van der Waals surface area contributed by atoms with E-state index in [0.29, 0.717) is 38.7 Å². The van der Waals surface area contributed by atoms with Crippen molar-refractivity contribution in [1.29, 1.82) is 0 Å². The van der Waals surface area contributed by atoms with Crippen LogP contribution >= 0.6 is 0 Å². The van der Waals surface area contributed by atoms with Crippen molar-refractivity contribution in [2.45, 2.75) is 13.8 Å². The molecule has 2 aromatic carbocycles. The molecular weight excluding hydrogens is 348 g/mol. The number of fused-ring (bicyclic) bond motifs is 5. The van der Waals surface area contributed by atoms with Crippen molar-refractivity contribution >= 4 is 38.7 Å². The third kappa shape index (κ3) is 2.75. The maximum absolute atomic E-state index is 11.9. The zero-order valence-electron chi connectivity index (χ0n) is 15.5. The van der Waals surface area contributed by atoms with Gasteiger partial charge in [0.25, 0.3) is 17.7 Å². The fraction of sp³-hybridized carbons (Fsp3) is 0.211. The van der Waals surface area contributed by atoms with Crippen LogP contribution in [0.15, 0.2) is 24.3 Å². The molecule has 2 heterocycles. The molecule has 1 amide bonds. The number of amides is 1. The van der Waals surface area contributed by atoms with E-state index in [-0.39, 0.29) is 17.2 Å². The van der Waals surface area contributed by atoms with Crippen molar-refractivity contribution in [3.8, 4) is 17.5 Å². The van der Waals surface area contributed by atoms with Gasteiger partial charge in [-0.1, -0.05) is 26.0 Å². The molecule has 4 aromatic rings. The van der Waals surface area contributed by atoms with E-state index in [1.807, 2.05) is 13.8 Å². The van der Waals surface area contributed by atoms with Gasteiger partial charge in [0, 0.05) is 10.8 Å². The number of methoxy groups -OCH3 is 2. The number of aromatic hydroxyl groups is 1. The number of para-hydroxylation sites is 1. The van der Waals surface area contributed by atoms with Gasteiger partial charge in [0.1, 0.15) is 16.8 Å². The summed E-state index contributed by atoms with van der Waals surface area (Å²) in [5.41, 5.74) is 7.58. The summed E-state index contributed by atoms with van der Waals surface area (Å²) in [6, 6.07) is 6.60. The average Bonchev–Trinajstić information content (AvgIpc) is 3.08. The number of nitrogens with one attached hydrogen (secondary N) is 1. The Bertz CT molecular complexity index is 1170. The predicted molar refractivity (Wildman–Crippen MR) is 104 cm³/mol. The van der Waals surface area contributed by atoms with Crippen LogP contribution in [-0.2, 0) is 0 Å². The molecule has 0 unspecified atom stereocenters. The molecule has 8 nitrogen and oxygen atoms in total. The van der Waals surface area contributed by atoms with Gasteiger partial charge in [-0.25, -0.2) is 9.97 Å². The third-order valence-corrected chi connectivity index (χ3v) is 4.10. The topological polar surface area (TPSA) is 123 Å². The molecule has 0 saturated carbocycles. The Hall–Kier alpha value is -3.55. The number of benzene rings is 2. The summed E-state index contributed by atoms with van der Waals surface area (Å²) in [4.78, 5) is 23.9. The molecule has 27 heavy (non-hydrogen) atoms. The largest absolute Gasteiger partial charge is 0.506 e. The number of ether oxygens (including phenoxy) is 2.